The second-order valence-electron chi connectivity index (χ2n) is 8.91. The average Bonchev–Trinajstić information content (AvgIpc) is 3.28. The van der Waals surface area contributed by atoms with Crippen LogP contribution in [0.3, 0.4) is 0 Å². The summed E-state index contributed by atoms with van der Waals surface area (Å²) in [6.45, 7) is 2.64. The quantitative estimate of drug-likeness (QED) is 0.437. The number of fused-ring (bicyclic) bond motifs is 2. The number of rotatable bonds is 7. The number of aryl methyl sites for hydroxylation is 1. The summed E-state index contributed by atoms with van der Waals surface area (Å²) in [6, 6.07) is 11.7. The van der Waals surface area contributed by atoms with Crippen LogP contribution < -0.4 is 10.6 Å². The Balaban J connectivity index is 1.34. The van der Waals surface area contributed by atoms with Crippen molar-refractivity contribution in [1.82, 2.24) is 24.4 Å². The zero-order chi connectivity index (χ0) is 23.5. The number of aromatic nitrogens is 4. The number of carbonyl (C=O) groups is 1. The number of nitrogens with one attached hydrogen (secondary N) is 2. The van der Waals surface area contributed by atoms with E-state index in [0.717, 1.165) is 53.9 Å². The number of imidazole rings is 1. The summed E-state index contributed by atoms with van der Waals surface area (Å²) in [5.74, 6) is 2.14. The first-order valence-corrected chi connectivity index (χ1v) is 11.7. The molecule has 8 nitrogen and oxygen atoms in total. The molecule has 2 N–H and O–H groups in total. The molecule has 0 aliphatic carbocycles. The standard InChI is InChI=1S/C26H29N7O/c1-32(2)12-10-28-23-14-19(8-9-27-23)26(34)31-24-15-21-13-18(6-7-20(21)16-29-24)22-17-30-25-5-3-4-11-33(22)25/h6-9,13-17H,3-5,10-12H2,1-2H3,(H,27,28)(H,29,31,34). The lowest BCUT2D eigenvalue weighted by Crippen LogP contribution is -2.21. The van der Waals surface area contributed by atoms with Crippen molar-refractivity contribution >= 4 is 28.3 Å². The highest BCUT2D eigenvalue weighted by Crippen LogP contribution is 2.28. The first-order valence-electron chi connectivity index (χ1n) is 11.7. The number of benzene rings is 1. The van der Waals surface area contributed by atoms with Crippen LogP contribution in [0.4, 0.5) is 11.6 Å². The van der Waals surface area contributed by atoms with E-state index in [0.29, 0.717) is 17.2 Å². The van der Waals surface area contributed by atoms with Crippen molar-refractivity contribution < 1.29 is 4.79 Å². The molecule has 1 aliphatic rings. The zero-order valence-corrected chi connectivity index (χ0v) is 19.6. The molecule has 0 unspecified atom stereocenters. The molecule has 1 amide bonds. The topological polar surface area (TPSA) is 88.0 Å². The number of carbonyl (C=O) groups excluding carboxylic acids is 1. The molecule has 34 heavy (non-hydrogen) atoms. The third-order valence-corrected chi connectivity index (χ3v) is 6.12. The fraction of sp³-hybridized carbons (Fsp3) is 0.308. The molecule has 0 spiro atoms. The summed E-state index contributed by atoms with van der Waals surface area (Å²) in [6.07, 6.45) is 8.83. The Labute approximate surface area is 199 Å². The van der Waals surface area contributed by atoms with Gasteiger partial charge in [-0.1, -0.05) is 12.1 Å². The van der Waals surface area contributed by atoms with E-state index in [9.17, 15) is 4.79 Å². The fourth-order valence-corrected chi connectivity index (χ4v) is 4.28. The molecule has 0 radical (unpaired) electrons. The van der Waals surface area contributed by atoms with Gasteiger partial charge in [-0.3, -0.25) is 4.79 Å². The lowest BCUT2D eigenvalue weighted by Gasteiger charge is -2.16. The van der Waals surface area contributed by atoms with Crippen LogP contribution in [-0.2, 0) is 13.0 Å². The molecular formula is C26H29N7O. The monoisotopic (exact) mass is 455 g/mol. The highest BCUT2D eigenvalue weighted by molar-refractivity contribution is 6.05. The molecule has 4 heterocycles. The van der Waals surface area contributed by atoms with Gasteiger partial charge in [0.2, 0.25) is 0 Å². The van der Waals surface area contributed by atoms with Gasteiger partial charge in [0, 0.05) is 55.0 Å². The van der Waals surface area contributed by atoms with Crippen LogP contribution in [0, 0.1) is 0 Å². The third kappa shape index (κ3) is 4.77. The van der Waals surface area contributed by atoms with Crippen LogP contribution in [0.25, 0.3) is 22.0 Å². The molecule has 0 atom stereocenters. The first kappa shape index (κ1) is 22.0. The van der Waals surface area contributed by atoms with E-state index in [1.165, 1.54) is 12.8 Å². The van der Waals surface area contributed by atoms with E-state index in [1.54, 1.807) is 24.5 Å². The maximum atomic E-state index is 12.9. The lowest BCUT2D eigenvalue weighted by atomic mass is 10.1. The van der Waals surface area contributed by atoms with E-state index >= 15 is 0 Å². The summed E-state index contributed by atoms with van der Waals surface area (Å²) < 4.78 is 2.32. The summed E-state index contributed by atoms with van der Waals surface area (Å²) in [4.78, 5) is 28.3. The Morgan fingerprint density at radius 1 is 1.00 bits per heavy atom. The highest BCUT2D eigenvalue weighted by atomic mass is 16.1. The smallest absolute Gasteiger partial charge is 0.257 e. The van der Waals surface area contributed by atoms with Gasteiger partial charge in [-0.2, -0.15) is 0 Å². The molecule has 0 fully saturated rings. The normalized spacial score (nSPS) is 13.1. The molecule has 8 heteroatoms. The number of nitrogens with zero attached hydrogens (tertiary/aromatic N) is 5. The Morgan fingerprint density at radius 3 is 2.79 bits per heavy atom. The second kappa shape index (κ2) is 9.61. The Kier molecular flexibility index (Phi) is 6.22. The predicted octanol–water partition coefficient (Wildman–Crippen LogP) is 4.06. The maximum Gasteiger partial charge on any atom is 0.257 e. The van der Waals surface area contributed by atoms with Crippen molar-refractivity contribution in [1.29, 1.82) is 0 Å². The summed E-state index contributed by atoms with van der Waals surface area (Å²) in [7, 11) is 4.03. The van der Waals surface area contributed by atoms with Crippen LogP contribution in [0.2, 0.25) is 0 Å². The van der Waals surface area contributed by atoms with E-state index in [2.05, 4.69) is 53.3 Å². The first-order chi connectivity index (χ1) is 16.6. The Hall–Kier alpha value is -3.78. The van der Waals surface area contributed by atoms with Gasteiger partial charge in [0.05, 0.1) is 11.9 Å². The van der Waals surface area contributed by atoms with Crippen molar-refractivity contribution in [3.8, 4) is 11.3 Å². The molecule has 3 aromatic heterocycles. The number of amides is 1. The number of hydrogen-bond donors (Lipinski definition) is 2. The van der Waals surface area contributed by atoms with E-state index in [4.69, 9.17) is 0 Å². The number of hydrogen-bond acceptors (Lipinski definition) is 6. The predicted molar refractivity (Wildman–Crippen MR) is 135 cm³/mol. The second-order valence-corrected chi connectivity index (χ2v) is 8.91. The Bertz CT molecular complexity index is 1330. The van der Waals surface area contributed by atoms with Gasteiger partial charge in [0.1, 0.15) is 17.5 Å². The van der Waals surface area contributed by atoms with Gasteiger partial charge in [-0.25, -0.2) is 15.0 Å². The zero-order valence-electron chi connectivity index (χ0n) is 19.6. The van der Waals surface area contributed by atoms with Gasteiger partial charge in [0.25, 0.3) is 5.91 Å². The fourth-order valence-electron chi connectivity index (χ4n) is 4.28. The van der Waals surface area contributed by atoms with Gasteiger partial charge in [-0.05, 0) is 56.6 Å². The average molecular weight is 456 g/mol. The largest absolute Gasteiger partial charge is 0.369 e. The summed E-state index contributed by atoms with van der Waals surface area (Å²) in [5.41, 5.74) is 2.80. The lowest BCUT2D eigenvalue weighted by molar-refractivity contribution is 0.102. The van der Waals surface area contributed by atoms with Gasteiger partial charge in [-0.15, -0.1) is 0 Å². The minimum Gasteiger partial charge on any atom is -0.369 e. The van der Waals surface area contributed by atoms with Crippen molar-refractivity contribution in [2.75, 3.05) is 37.8 Å². The minimum absolute atomic E-state index is 0.217. The van der Waals surface area contributed by atoms with Gasteiger partial charge in [0.15, 0.2) is 0 Å². The van der Waals surface area contributed by atoms with Crippen LogP contribution in [0.1, 0.15) is 29.0 Å². The van der Waals surface area contributed by atoms with Crippen LogP contribution in [0.15, 0.2) is 55.0 Å². The van der Waals surface area contributed by atoms with Crippen molar-refractivity contribution in [3.05, 3.63) is 66.4 Å². The molecule has 0 saturated heterocycles. The van der Waals surface area contributed by atoms with Crippen LogP contribution in [0.5, 0.6) is 0 Å². The van der Waals surface area contributed by atoms with E-state index in [-0.39, 0.29) is 5.91 Å². The number of likely N-dealkylation sites (N-methyl/N-ethyl adjacent to an activating group) is 1. The van der Waals surface area contributed by atoms with Crippen LogP contribution >= 0.6 is 0 Å². The molecule has 5 rings (SSSR count). The van der Waals surface area contributed by atoms with Gasteiger partial charge < -0.3 is 20.1 Å². The van der Waals surface area contributed by atoms with Crippen molar-refractivity contribution in [2.24, 2.45) is 0 Å². The Morgan fingerprint density at radius 2 is 1.91 bits per heavy atom. The van der Waals surface area contributed by atoms with Crippen LogP contribution in [-0.4, -0.2) is 57.5 Å². The van der Waals surface area contributed by atoms with Crippen molar-refractivity contribution in [2.45, 2.75) is 25.8 Å². The maximum absolute atomic E-state index is 12.9. The molecule has 0 saturated carbocycles. The highest BCUT2D eigenvalue weighted by Gasteiger charge is 2.16. The van der Waals surface area contributed by atoms with E-state index in [1.807, 2.05) is 26.4 Å². The third-order valence-electron chi connectivity index (χ3n) is 6.12. The summed E-state index contributed by atoms with van der Waals surface area (Å²) in [5, 5.41) is 8.22. The molecule has 1 aromatic carbocycles. The SMILES string of the molecule is CN(C)CCNc1cc(C(=O)Nc2cc3cc(-c4cnc5n4CCCC5)ccc3cn2)ccn1. The number of anilines is 2. The van der Waals surface area contributed by atoms with Crippen molar-refractivity contribution in [3.63, 3.8) is 0 Å². The number of pyridine rings is 2. The van der Waals surface area contributed by atoms with Gasteiger partial charge >= 0.3 is 0 Å². The molecule has 4 aromatic rings. The summed E-state index contributed by atoms with van der Waals surface area (Å²) >= 11 is 0. The molecule has 1 aliphatic heterocycles. The minimum atomic E-state index is -0.217. The molecule has 0 bridgehead atoms. The molecular weight excluding hydrogens is 426 g/mol. The van der Waals surface area contributed by atoms with E-state index < -0.39 is 0 Å². The molecule has 174 valence electrons.